The van der Waals surface area contributed by atoms with Gasteiger partial charge in [0.05, 0.1) is 24.1 Å². The van der Waals surface area contributed by atoms with Gasteiger partial charge < -0.3 is 15.8 Å². The second-order valence-electron chi connectivity index (χ2n) is 4.39. The van der Waals surface area contributed by atoms with Crippen LogP contribution in [0.15, 0.2) is 18.6 Å². The maximum absolute atomic E-state index is 11.7. The molecule has 0 aliphatic carbocycles. The highest BCUT2D eigenvalue weighted by molar-refractivity contribution is 5.95. The van der Waals surface area contributed by atoms with Gasteiger partial charge in [-0.25, -0.2) is 14.8 Å². The predicted octanol–water partition coefficient (Wildman–Crippen LogP) is 0.624. The summed E-state index contributed by atoms with van der Waals surface area (Å²) in [6.45, 7) is 2.65. The summed E-state index contributed by atoms with van der Waals surface area (Å²) in [5, 5.41) is 7.28. The topological polar surface area (TPSA) is 108 Å². The summed E-state index contributed by atoms with van der Waals surface area (Å²) in [6, 6.07) is 1.58. The molecule has 112 valence electrons. The van der Waals surface area contributed by atoms with Crippen LogP contribution in [-0.4, -0.2) is 38.9 Å². The zero-order valence-electron chi connectivity index (χ0n) is 12.0. The Morgan fingerprint density at radius 1 is 1.48 bits per heavy atom. The van der Waals surface area contributed by atoms with E-state index in [0.717, 1.165) is 5.82 Å². The molecule has 0 spiro atoms. The first kappa shape index (κ1) is 14.8. The highest BCUT2D eigenvalue weighted by atomic mass is 16.5. The lowest BCUT2D eigenvalue weighted by Crippen LogP contribution is -2.12. The van der Waals surface area contributed by atoms with E-state index in [9.17, 15) is 4.79 Å². The van der Waals surface area contributed by atoms with Crippen molar-refractivity contribution >= 4 is 17.5 Å². The molecule has 8 nitrogen and oxygen atoms in total. The second-order valence-corrected chi connectivity index (χ2v) is 4.39. The normalized spacial score (nSPS) is 10.4. The van der Waals surface area contributed by atoms with Gasteiger partial charge in [0.25, 0.3) is 0 Å². The van der Waals surface area contributed by atoms with Crippen LogP contribution in [-0.2, 0) is 18.2 Å². The number of nitrogens with one attached hydrogen (secondary N) is 1. The number of nitrogens with zero attached hydrogens (tertiary/aromatic N) is 4. The number of carbonyl (C=O) groups excluding carboxylic acids is 1. The SMILES string of the molecule is CCOC(=O)c1cc(NCCc2ncn(C)n2)ncc1N. The van der Waals surface area contributed by atoms with Crippen LogP contribution in [0.5, 0.6) is 0 Å². The Morgan fingerprint density at radius 3 is 2.95 bits per heavy atom. The summed E-state index contributed by atoms with van der Waals surface area (Å²) in [4.78, 5) is 20.0. The molecule has 0 aliphatic rings. The number of anilines is 2. The Bertz CT molecular complexity index is 625. The number of carbonyl (C=O) groups is 1. The molecular weight excluding hydrogens is 272 g/mol. The lowest BCUT2D eigenvalue weighted by Gasteiger charge is -2.08. The Kier molecular flexibility index (Phi) is 4.70. The lowest BCUT2D eigenvalue weighted by atomic mass is 10.2. The van der Waals surface area contributed by atoms with E-state index in [4.69, 9.17) is 10.5 Å². The monoisotopic (exact) mass is 290 g/mol. The van der Waals surface area contributed by atoms with Crippen molar-refractivity contribution in [2.45, 2.75) is 13.3 Å². The van der Waals surface area contributed by atoms with Crippen LogP contribution >= 0.6 is 0 Å². The smallest absolute Gasteiger partial charge is 0.340 e. The molecular formula is C13H18N6O2. The van der Waals surface area contributed by atoms with Crippen LogP contribution in [0.1, 0.15) is 23.1 Å². The van der Waals surface area contributed by atoms with Gasteiger partial charge in [0.15, 0.2) is 5.82 Å². The molecule has 2 rings (SSSR count). The molecule has 0 aromatic carbocycles. The van der Waals surface area contributed by atoms with E-state index in [-0.39, 0.29) is 0 Å². The highest BCUT2D eigenvalue weighted by Crippen LogP contribution is 2.16. The van der Waals surface area contributed by atoms with Crippen LogP contribution < -0.4 is 11.1 Å². The number of aromatic nitrogens is 4. The molecule has 8 heteroatoms. The first-order valence-electron chi connectivity index (χ1n) is 6.61. The number of ether oxygens (including phenoxy) is 1. The first-order valence-corrected chi connectivity index (χ1v) is 6.61. The van der Waals surface area contributed by atoms with Gasteiger partial charge in [-0.1, -0.05) is 0 Å². The van der Waals surface area contributed by atoms with Gasteiger partial charge in [0.1, 0.15) is 12.1 Å². The molecule has 2 aromatic heterocycles. The molecule has 2 aromatic rings. The van der Waals surface area contributed by atoms with E-state index in [0.29, 0.717) is 36.6 Å². The van der Waals surface area contributed by atoms with E-state index in [2.05, 4.69) is 20.4 Å². The predicted molar refractivity (Wildman–Crippen MR) is 77.8 cm³/mol. The Labute approximate surface area is 122 Å². The zero-order valence-corrected chi connectivity index (χ0v) is 12.0. The summed E-state index contributed by atoms with van der Waals surface area (Å²) in [6.07, 6.45) is 3.74. The first-order chi connectivity index (χ1) is 10.1. The van der Waals surface area contributed by atoms with Crippen molar-refractivity contribution in [3.63, 3.8) is 0 Å². The number of esters is 1. The van der Waals surface area contributed by atoms with Gasteiger partial charge in [-0.3, -0.25) is 4.68 Å². The summed E-state index contributed by atoms with van der Waals surface area (Å²) in [7, 11) is 1.82. The number of hydrogen-bond donors (Lipinski definition) is 2. The van der Waals surface area contributed by atoms with Crippen LogP contribution in [0.4, 0.5) is 11.5 Å². The maximum Gasteiger partial charge on any atom is 0.340 e. The molecule has 0 saturated heterocycles. The van der Waals surface area contributed by atoms with Crippen LogP contribution in [0, 0.1) is 0 Å². The van der Waals surface area contributed by atoms with Crippen molar-refractivity contribution in [1.82, 2.24) is 19.7 Å². The third-order valence-electron chi connectivity index (χ3n) is 2.73. The molecule has 0 bridgehead atoms. The Morgan fingerprint density at radius 2 is 2.29 bits per heavy atom. The standard InChI is InChI=1S/C13H18N6O2/c1-3-21-13(20)9-6-12(16-7-10(9)14)15-5-4-11-17-8-19(2)18-11/h6-8H,3-5,14H2,1-2H3,(H,15,16). The second kappa shape index (κ2) is 6.69. The van der Waals surface area contributed by atoms with Crippen molar-refractivity contribution in [2.75, 3.05) is 24.2 Å². The van der Waals surface area contributed by atoms with Crippen molar-refractivity contribution in [3.8, 4) is 0 Å². The summed E-state index contributed by atoms with van der Waals surface area (Å²) >= 11 is 0. The van der Waals surface area contributed by atoms with Gasteiger partial charge in [-0.15, -0.1) is 0 Å². The van der Waals surface area contributed by atoms with Crippen molar-refractivity contribution < 1.29 is 9.53 Å². The quantitative estimate of drug-likeness (QED) is 0.751. The fraction of sp³-hybridized carbons (Fsp3) is 0.385. The minimum absolute atomic E-state index is 0.297. The van der Waals surface area contributed by atoms with Gasteiger partial charge in [0, 0.05) is 20.0 Å². The molecule has 0 aliphatic heterocycles. The Hall–Kier alpha value is -2.64. The fourth-order valence-corrected chi connectivity index (χ4v) is 1.75. The third-order valence-corrected chi connectivity index (χ3v) is 2.73. The van der Waals surface area contributed by atoms with Crippen LogP contribution in [0.2, 0.25) is 0 Å². The van der Waals surface area contributed by atoms with E-state index in [1.165, 1.54) is 6.20 Å². The molecule has 2 heterocycles. The average Bonchev–Trinajstić information content (AvgIpc) is 2.86. The third kappa shape index (κ3) is 3.91. The molecule has 0 unspecified atom stereocenters. The van der Waals surface area contributed by atoms with Gasteiger partial charge >= 0.3 is 5.97 Å². The number of rotatable bonds is 6. The zero-order chi connectivity index (χ0) is 15.2. The van der Waals surface area contributed by atoms with Crippen molar-refractivity contribution in [3.05, 3.63) is 30.0 Å². The van der Waals surface area contributed by atoms with Crippen molar-refractivity contribution in [1.29, 1.82) is 0 Å². The van der Waals surface area contributed by atoms with E-state index >= 15 is 0 Å². The summed E-state index contributed by atoms with van der Waals surface area (Å²) in [5.74, 6) is 0.848. The van der Waals surface area contributed by atoms with Gasteiger partial charge in [-0.05, 0) is 13.0 Å². The highest BCUT2D eigenvalue weighted by Gasteiger charge is 2.12. The maximum atomic E-state index is 11.7. The fourth-order valence-electron chi connectivity index (χ4n) is 1.75. The number of nitrogens with two attached hydrogens (primary N) is 1. The molecule has 0 fully saturated rings. The van der Waals surface area contributed by atoms with E-state index < -0.39 is 5.97 Å². The van der Waals surface area contributed by atoms with Crippen molar-refractivity contribution in [2.24, 2.45) is 7.05 Å². The molecule has 0 radical (unpaired) electrons. The number of hydrogen-bond acceptors (Lipinski definition) is 7. The minimum atomic E-state index is -0.452. The molecule has 21 heavy (non-hydrogen) atoms. The molecule has 0 atom stereocenters. The molecule has 0 amide bonds. The number of aryl methyl sites for hydroxylation is 1. The number of nitrogen functional groups attached to an aromatic ring is 1. The Balaban J connectivity index is 1.97. The van der Waals surface area contributed by atoms with Gasteiger partial charge in [0.2, 0.25) is 0 Å². The van der Waals surface area contributed by atoms with Gasteiger partial charge in [-0.2, -0.15) is 5.10 Å². The molecule has 0 saturated carbocycles. The van der Waals surface area contributed by atoms with Crippen LogP contribution in [0.3, 0.4) is 0 Å². The summed E-state index contributed by atoms with van der Waals surface area (Å²) in [5.41, 5.74) is 6.34. The van der Waals surface area contributed by atoms with E-state index in [1.807, 2.05) is 7.05 Å². The lowest BCUT2D eigenvalue weighted by molar-refractivity contribution is 0.0527. The average molecular weight is 290 g/mol. The van der Waals surface area contributed by atoms with Crippen LogP contribution in [0.25, 0.3) is 0 Å². The molecule has 3 N–H and O–H groups in total. The summed E-state index contributed by atoms with van der Waals surface area (Å²) < 4.78 is 6.59. The number of pyridine rings is 1. The van der Waals surface area contributed by atoms with E-state index in [1.54, 1.807) is 24.0 Å². The minimum Gasteiger partial charge on any atom is -0.462 e. The largest absolute Gasteiger partial charge is 0.462 e.